The summed E-state index contributed by atoms with van der Waals surface area (Å²) in [7, 11) is 1.28. The van der Waals surface area contributed by atoms with Crippen molar-refractivity contribution < 1.29 is 24.0 Å². The van der Waals surface area contributed by atoms with Crippen LogP contribution in [0.1, 0.15) is 40.0 Å². The molecule has 0 aliphatic carbocycles. The van der Waals surface area contributed by atoms with Gasteiger partial charge >= 0.3 is 11.9 Å². The monoisotopic (exact) mass is 569 g/mol. The average molecular weight is 570 g/mol. The standard InChI is InChI=1S/C30H23N3O7S/c1-18-25(29(36)40-17-19-8-4-3-5-9-19)26(20-12-14-21(15-13-20)28(35)39-2)32-27(34)24(41-30(32)31-18)16-22-10-6-7-11-23(22)33(37)38/h3-16,26H,17H2,1-2H3. The zero-order valence-electron chi connectivity index (χ0n) is 22.0. The van der Waals surface area contributed by atoms with Gasteiger partial charge in [0.05, 0.1) is 45.0 Å². The fourth-order valence-electron chi connectivity index (χ4n) is 4.54. The summed E-state index contributed by atoms with van der Waals surface area (Å²) >= 11 is 1.06. The minimum atomic E-state index is -0.922. The maximum Gasteiger partial charge on any atom is 0.338 e. The van der Waals surface area contributed by atoms with Crippen LogP contribution < -0.4 is 14.9 Å². The second kappa shape index (κ2) is 11.5. The maximum absolute atomic E-state index is 13.8. The number of methoxy groups -OCH3 is 1. The van der Waals surface area contributed by atoms with Gasteiger partial charge in [-0.2, -0.15) is 0 Å². The molecule has 1 unspecified atom stereocenters. The predicted molar refractivity (Wildman–Crippen MR) is 151 cm³/mol. The minimum Gasteiger partial charge on any atom is -0.465 e. The van der Waals surface area contributed by atoms with Crippen LogP contribution in [0.15, 0.2) is 99.9 Å². The Hall–Kier alpha value is -5.16. The Kier molecular flexibility index (Phi) is 7.70. The molecule has 0 saturated carbocycles. The second-order valence-corrected chi connectivity index (χ2v) is 10.1. The highest BCUT2D eigenvalue weighted by Gasteiger charge is 2.33. The van der Waals surface area contributed by atoms with Gasteiger partial charge in [0.2, 0.25) is 0 Å². The van der Waals surface area contributed by atoms with Gasteiger partial charge in [-0.3, -0.25) is 19.5 Å². The molecule has 1 atom stereocenters. The highest BCUT2D eigenvalue weighted by Crippen LogP contribution is 2.31. The first-order valence-electron chi connectivity index (χ1n) is 12.4. The van der Waals surface area contributed by atoms with Crippen molar-refractivity contribution in [3.05, 3.63) is 142 Å². The Balaban J connectivity index is 1.64. The molecule has 0 amide bonds. The Labute approximate surface area is 237 Å². The van der Waals surface area contributed by atoms with E-state index in [9.17, 15) is 24.5 Å². The largest absolute Gasteiger partial charge is 0.465 e. The molecule has 4 aromatic rings. The molecule has 0 bridgehead atoms. The lowest BCUT2D eigenvalue weighted by Gasteiger charge is -2.25. The van der Waals surface area contributed by atoms with Crippen LogP contribution in [0.25, 0.3) is 6.08 Å². The van der Waals surface area contributed by atoms with E-state index in [0.29, 0.717) is 21.6 Å². The number of thiazole rings is 1. The highest BCUT2D eigenvalue weighted by atomic mass is 32.1. The Morgan fingerprint density at radius 1 is 1.02 bits per heavy atom. The molecule has 1 aromatic heterocycles. The fourth-order valence-corrected chi connectivity index (χ4v) is 5.57. The van der Waals surface area contributed by atoms with E-state index in [1.54, 1.807) is 49.4 Å². The van der Waals surface area contributed by atoms with Gasteiger partial charge in [-0.15, -0.1) is 0 Å². The smallest absolute Gasteiger partial charge is 0.338 e. The summed E-state index contributed by atoms with van der Waals surface area (Å²) in [6, 6.07) is 20.7. The van der Waals surface area contributed by atoms with E-state index >= 15 is 0 Å². The predicted octanol–water partition coefficient (Wildman–Crippen LogP) is 3.67. The van der Waals surface area contributed by atoms with Gasteiger partial charge in [0.1, 0.15) is 6.61 Å². The molecule has 1 aliphatic heterocycles. The van der Waals surface area contributed by atoms with Crippen molar-refractivity contribution in [2.24, 2.45) is 4.99 Å². The summed E-state index contributed by atoms with van der Waals surface area (Å²) in [4.78, 5) is 55.3. The third-order valence-corrected chi connectivity index (χ3v) is 7.50. The molecule has 10 nitrogen and oxygen atoms in total. The zero-order valence-corrected chi connectivity index (χ0v) is 22.8. The van der Waals surface area contributed by atoms with Crippen molar-refractivity contribution in [1.82, 2.24) is 4.57 Å². The zero-order chi connectivity index (χ0) is 29.1. The number of hydrogen-bond acceptors (Lipinski definition) is 9. The van der Waals surface area contributed by atoms with Crippen molar-refractivity contribution >= 4 is 35.0 Å². The van der Waals surface area contributed by atoms with E-state index in [2.05, 4.69) is 4.99 Å². The first-order valence-corrected chi connectivity index (χ1v) is 13.3. The van der Waals surface area contributed by atoms with E-state index in [0.717, 1.165) is 16.9 Å². The van der Waals surface area contributed by atoms with Crippen LogP contribution in [0.5, 0.6) is 0 Å². The topological polar surface area (TPSA) is 130 Å². The van der Waals surface area contributed by atoms with Crippen molar-refractivity contribution in [3.63, 3.8) is 0 Å². The number of benzene rings is 3. The number of nitro benzene ring substituents is 1. The molecule has 11 heteroatoms. The molecule has 0 spiro atoms. The molecule has 0 fully saturated rings. The normalized spacial score (nSPS) is 14.7. The van der Waals surface area contributed by atoms with E-state index in [4.69, 9.17) is 9.47 Å². The van der Waals surface area contributed by atoms with Crippen molar-refractivity contribution in [2.75, 3.05) is 7.11 Å². The van der Waals surface area contributed by atoms with E-state index in [1.165, 1.54) is 23.8 Å². The molecule has 0 N–H and O–H groups in total. The molecule has 5 rings (SSSR count). The Morgan fingerprint density at radius 3 is 2.39 bits per heavy atom. The van der Waals surface area contributed by atoms with Gasteiger partial charge in [0.25, 0.3) is 11.2 Å². The van der Waals surface area contributed by atoms with Crippen LogP contribution in [-0.4, -0.2) is 28.5 Å². The number of nitrogens with zero attached hydrogens (tertiary/aromatic N) is 3. The van der Waals surface area contributed by atoms with Gasteiger partial charge in [-0.25, -0.2) is 14.6 Å². The van der Waals surface area contributed by atoms with E-state index in [1.807, 2.05) is 30.3 Å². The number of fused-ring (bicyclic) bond motifs is 1. The third-order valence-electron chi connectivity index (χ3n) is 6.52. The summed E-state index contributed by atoms with van der Waals surface area (Å²) in [6.45, 7) is 1.68. The van der Waals surface area contributed by atoms with Crippen LogP contribution in [-0.2, 0) is 20.9 Å². The number of hydrogen-bond donors (Lipinski definition) is 0. The Morgan fingerprint density at radius 2 is 1.71 bits per heavy atom. The number of carbonyl (C=O) groups is 2. The van der Waals surface area contributed by atoms with E-state index < -0.39 is 28.5 Å². The first kappa shape index (κ1) is 27.4. The molecule has 1 aliphatic rings. The van der Waals surface area contributed by atoms with Crippen LogP contribution >= 0.6 is 11.3 Å². The number of aromatic nitrogens is 1. The lowest BCUT2D eigenvalue weighted by molar-refractivity contribution is -0.385. The van der Waals surface area contributed by atoms with Crippen LogP contribution in [0.3, 0.4) is 0 Å². The van der Waals surface area contributed by atoms with Crippen molar-refractivity contribution in [2.45, 2.75) is 19.6 Å². The molecule has 2 heterocycles. The highest BCUT2D eigenvalue weighted by molar-refractivity contribution is 7.07. The number of ether oxygens (including phenoxy) is 2. The summed E-state index contributed by atoms with van der Waals surface area (Å²) in [5, 5.41) is 11.5. The number of para-hydroxylation sites is 1. The SMILES string of the molecule is COC(=O)c1ccc(C2C(C(=O)OCc3ccccc3)=C(C)N=c3sc(=Cc4ccccc4[N+](=O)[O-])c(=O)n32)cc1. The summed E-state index contributed by atoms with van der Waals surface area (Å²) in [6.07, 6.45) is 1.45. The van der Waals surface area contributed by atoms with Gasteiger partial charge in [-0.1, -0.05) is 65.9 Å². The van der Waals surface area contributed by atoms with E-state index in [-0.39, 0.29) is 28.0 Å². The van der Waals surface area contributed by atoms with Crippen LogP contribution in [0.2, 0.25) is 0 Å². The number of esters is 2. The summed E-state index contributed by atoms with van der Waals surface area (Å²) in [5.74, 6) is -1.18. The van der Waals surface area contributed by atoms with Gasteiger partial charge in [0, 0.05) is 6.07 Å². The number of nitro groups is 1. The lowest BCUT2D eigenvalue weighted by atomic mass is 9.95. The third kappa shape index (κ3) is 5.48. The molecule has 0 radical (unpaired) electrons. The van der Waals surface area contributed by atoms with Crippen molar-refractivity contribution in [3.8, 4) is 0 Å². The Bertz CT molecular complexity index is 1870. The second-order valence-electron chi connectivity index (χ2n) is 9.07. The van der Waals surface area contributed by atoms with Crippen LogP contribution in [0.4, 0.5) is 5.69 Å². The molecule has 41 heavy (non-hydrogen) atoms. The quantitative estimate of drug-likeness (QED) is 0.189. The molecule has 0 saturated heterocycles. The van der Waals surface area contributed by atoms with Gasteiger partial charge in [-0.05, 0) is 42.3 Å². The number of rotatable bonds is 7. The average Bonchev–Trinajstić information content (AvgIpc) is 3.29. The molecule has 3 aromatic carbocycles. The lowest BCUT2D eigenvalue weighted by Crippen LogP contribution is -2.39. The fraction of sp³-hybridized carbons (Fsp3) is 0.133. The minimum absolute atomic E-state index is 0.0204. The van der Waals surface area contributed by atoms with Crippen LogP contribution in [0, 0.1) is 10.1 Å². The number of carbonyl (C=O) groups excluding carboxylic acids is 2. The first-order chi connectivity index (χ1) is 19.8. The molecular weight excluding hydrogens is 546 g/mol. The van der Waals surface area contributed by atoms with Gasteiger partial charge in [0.15, 0.2) is 4.80 Å². The number of allylic oxidation sites excluding steroid dienone is 1. The maximum atomic E-state index is 13.8. The molecular formula is C30H23N3O7S. The summed E-state index contributed by atoms with van der Waals surface area (Å²) < 4.78 is 12.0. The van der Waals surface area contributed by atoms with Gasteiger partial charge < -0.3 is 9.47 Å². The molecule has 206 valence electrons. The van der Waals surface area contributed by atoms with Crippen molar-refractivity contribution in [1.29, 1.82) is 0 Å². The summed E-state index contributed by atoms with van der Waals surface area (Å²) in [5.41, 5.74) is 1.80.